The number of benzene rings is 5. The molecular weight excluding hydrogens is 559 g/mol. The first-order valence-electron chi connectivity index (χ1n) is 13.1. The summed E-state index contributed by atoms with van der Waals surface area (Å²) in [6, 6.07) is 38.8. The predicted octanol–water partition coefficient (Wildman–Crippen LogP) is 10.2. The van der Waals surface area contributed by atoms with Crippen molar-refractivity contribution < 1.29 is 0 Å². The van der Waals surface area contributed by atoms with Crippen LogP contribution < -0.4 is 0 Å². The van der Waals surface area contributed by atoms with Crippen molar-refractivity contribution in [2.75, 3.05) is 0 Å². The van der Waals surface area contributed by atoms with Gasteiger partial charge in [-0.3, -0.25) is 0 Å². The molecule has 0 spiro atoms. The Labute approximate surface area is 233 Å². The highest BCUT2D eigenvalue weighted by atomic mass is 127. The molecular formula is C36H29I. The summed E-state index contributed by atoms with van der Waals surface area (Å²) in [5, 5.41) is 0. The molecule has 1 heteroatoms. The second-order valence-corrected chi connectivity index (χ2v) is 12.8. The third kappa shape index (κ3) is 3.33. The van der Waals surface area contributed by atoms with Crippen LogP contribution >= 0.6 is 22.6 Å². The standard InChI is InChI=1S/C36H29I/c1-35(2)31-8-6-5-7-27(31)28-16-13-24(19-32(28)35)22-9-11-23(12-10-22)25-14-17-29-30-18-15-26(37)21-34(30)36(3,4)33(29)20-25/h5-21H,1-4H3. The lowest BCUT2D eigenvalue weighted by atomic mass is 9.81. The highest BCUT2D eigenvalue weighted by molar-refractivity contribution is 14.1. The lowest BCUT2D eigenvalue weighted by Gasteiger charge is -2.22. The van der Waals surface area contributed by atoms with E-state index in [-0.39, 0.29) is 10.8 Å². The Morgan fingerprint density at radius 3 is 1.38 bits per heavy atom. The summed E-state index contributed by atoms with van der Waals surface area (Å²) in [7, 11) is 0. The normalized spacial score (nSPS) is 15.6. The van der Waals surface area contributed by atoms with Crippen molar-refractivity contribution in [2.24, 2.45) is 0 Å². The second kappa shape index (κ2) is 7.91. The molecule has 0 aromatic heterocycles. The maximum absolute atomic E-state index is 2.42. The summed E-state index contributed by atoms with van der Waals surface area (Å²) >= 11 is 2.42. The average Bonchev–Trinajstić information content (AvgIpc) is 3.28. The van der Waals surface area contributed by atoms with Crippen molar-refractivity contribution in [3.63, 3.8) is 0 Å². The van der Waals surface area contributed by atoms with Crippen molar-refractivity contribution in [1.29, 1.82) is 0 Å². The zero-order chi connectivity index (χ0) is 25.5. The third-order valence-electron chi connectivity index (χ3n) is 8.77. The molecule has 37 heavy (non-hydrogen) atoms. The maximum Gasteiger partial charge on any atom is 0.0159 e. The fourth-order valence-electron chi connectivity index (χ4n) is 6.63. The number of fused-ring (bicyclic) bond motifs is 6. The fraction of sp³-hybridized carbons (Fsp3) is 0.167. The smallest absolute Gasteiger partial charge is 0.0159 e. The molecule has 0 saturated carbocycles. The molecule has 7 rings (SSSR count). The van der Waals surface area contributed by atoms with Crippen LogP contribution in [0.3, 0.4) is 0 Å². The van der Waals surface area contributed by atoms with Crippen LogP contribution in [0, 0.1) is 3.57 Å². The summed E-state index contributed by atoms with van der Waals surface area (Å²) in [6.45, 7) is 9.40. The van der Waals surface area contributed by atoms with E-state index < -0.39 is 0 Å². The molecule has 0 nitrogen and oxygen atoms in total. The molecule has 0 amide bonds. The second-order valence-electron chi connectivity index (χ2n) is 11.6. The largest absolute Gasteiger partial charge is 0.0619 e. The summed E-state index contributed by atoms with van der Waals surface area (Å²) in [6.07, 6.45) is 0. The molecule has 0 fully saturated rings. The first-order chi connectivity index (χ1) is 17.7. The summed E-state index contributed by atoms with van der Waals surface area (Å²) in [5.41, 5.74) is 16.3. The van der Waals surface area contributed by atoms with Gasteiger partial charge in [0.25, 0.3) is 0 Å². The highest BCUT2D eigenvalue weighted by Gasteiger charge is 2.36. The Hall–Kier alpha value is -3.17. The Bertz CT molecular complexity index is 1720. The Balaban J connectivity index is 1.24. The van der Waals surface area contributed by atoms with E-state index in [4.69, 9.17) is 0 Å². The molecule has 5 aromatic rings. The van der Waals surface area contributed by atoms with Crippen molar-refractivity contribution in [2.45, 2.75) is 38.5 Å². The monoisotopic (exact) mass is 588 g/mol. The first kappa shape index (κ1) is 23.0. The van der Waals surface area contributed by atoms with Gasteiger partial charge in [0.2, 0.25) is 0 Å². The average molecular weight is 589 g/mol. The van der Waals surface area contributed by atoms with Gasteiger partial charge in [-0.15, -0.1) is 0 Å². The van der Waals surface area contributed by atoms with Crippen molar-refractivity contribution in [1.82, 2.24) is 0 Å². The maximum atomic E-state index is 2.42. The van der Waals surface area contributed by atoms with Gasteiger partial charge in [0.05, 0.1) is 0 Å². The lowest BCUT2D eigenvalue weighted by molar-refractivity contribution is 0.660. The molecule has 5 aromatic carbocycles. The number of hydrogen-bond donors (Lipinski definition) is 0. The van der Waals surface area contributed by atoms with Crippen LogP contribution in [0.1, 0.15) is 49.9 Å². The van der Waals surface area contributed by atoms with Crippen molar-refractivity contribution in [3.8, 4) is 44.5 Å². The van der Waals surface area contributed by atoms with Crippen LogP contribution in [-0.2, 0) is 10.8 Å². The van der Waals surface area contributed by atoms with Crippen molar-refractivity contribution >= 4 is 22.6 Å². The Morgan fingerprint density at radius 2 is 0.811 bits per heavy atom. The first-order valence-corrected chi connectivity index (χ1v) is 14.1. The molecule has 180 valence electrons. The molecule has 2 aliphatic carbocycles. The predicted molar refractivity (Wildman–Crippen MR) is 165 cm³/mol. The summed E-state index contributed by atoms with van der Waals surface area (Å²) in [5.74, 6) is 0. The molecule has 0 N–H and O–H groups in total. The van der Waals surface area contributed by atoms with E-state index in [9.17, 15) is 0 Å². The molecule has 0 aliphatic heterocycles. The number of hydrogen-bond acceptors (Lipinski definition) is 0. The quantitative estimate of drug-likeness (QED) is 0.180. The van der Waals surface area contributed by atoms with E-state index in [0.29, 0.717) is 0 Å². The molecule has 0 saturated heterocycles. The zero-order valence-electron chi connectivity index (χ0n) is 21.7. The molecule has 2 aliphatic rings. The van der Waals surface area contributed by atoms with Gasteiger partial charge in [-0.25, -0.2) is 0 Å². The van der Waals surface area contributed by atoms with E-state index in [1.165, 1.54) is 70.3 Å². The van der Waals surface area contributed by atoms with E-state index >= 15 is 0 Å². The van der Waals surface area contributed by atoms with Gasteiger partial charge in [-0.2, -0.15) is 0 Å². The Morgan fingerprint density at radius 1 is 0.405 bits per heavy atom. The summed E-state index contributed by atoms with van der Waals surface area (Å²) < 4.78 is 1.30. The van der Waals surface area contributed by atoms with E-state index in [1.54, 1.807) is 0 Å². The Kier molecular flexibility index (Phi) is 4.92. The van der Waals surface area contributed by atoms with Crippen LogP contribution in [0.15, 0.2) is 103 Å². The van der Waals surface area contributed by atoms with Crippen molar-refractivity contribution in [3.05, 3.63) is 129 Å². The minimum Gasteiger partial charge on any atom is -0.0619 e. The molecule has 0 unspecified atom stereocenters. The van der Waals surface area contributed by atoms with Gasteiger partial charge in [0.15, 0.2) is 0 Å². The number of halogens is 1. The lowest BCUT2D eigenvalue weighted by Crippen LogP contribution is -2.15. The highest BCUT2D eigenvalue weighted by Crippen LogP contribution is 2.51. The van der Waals surface area contributed by atoms with E-state index in [1.807, 2.05) is 0 Å². The minimum absolute atomic E-state index is 0.0105. The molecule has 0 radical (unpaired) electrons. The fourth-order valence-corrected chi connectivity index (χ4v) is 7.12. The van der Waals surface area contributed by atoms with Gasteiger partial charge in [0.1, 0.15) is 0 Å². The third-order valence-corrected chi connectivity index (χ3v) is 9.44. The van der Waals surface area contributed by atoms with Crippen LogP contribution in [-0.4, -0.2) is 0 Å². The van der Waals surface area contributed by atoms with Gasteiger partial charge in [-0.05, 0) is 114 Å². The molecule has 0 heterocycles. The van der Waals surface area contributed by atoms with Crippen LogP contribution in [0.25, 0.3) is 44.5 Å². The van der Waals surface area contributed by atoms with Gasteiger partial charge < -0.3 is 0 Å². The van der Waals surface area contributed by atoms with Gasteiger partial charge in [-0.1, -0.05) is 107 Å². The van der Waals surface area contributed by atoms with Gasteiger partial charge in [0, 0.05) is 14.4 Å². The summed E-state index contributed by atoms with van der Waals surface area (Å²) in [4.78, 5) is 0. The van der Waals surface area contributed by atoms with Crippen LogP contribution in [0.2, 0.25) is 0 Å². The zero-order valence-corrected chi connectivity index (χ0v) is 23.9. The van der Waals surface area contributed by atoms with Crippen LogP contribution in [0.5, 0.6) is 0 Å². The number of rotatable bonds is 2. The van der Waals surface area contributed by atoms with Gasteiger partial charge >= 0.3 is 0 Å². The minimum atomic E-state index is 0.0105. The molecule has 0 bridgehead atoms. The molecule has 0 atom stereocenters. The van der Waals surface area contributed by atoms with E-state index in [2.05, 4.69) is 153 Å². The topological polar surface area (TPSA) is 0 Å². The van der Waals surface area contributed by atoms with Crippen LogP contribution in [0.4, 0.5) is 0 Å². The SMILES string of the molecule is CC1(C)c2ccccc2-c2ccc(-c3ccc(-c4ccc5c(c4)C(C)(C)c4cc(I)ccc4-5)cc3)cc21. The van der Waals surface area contributed by atoms with E-state index in [0.717, 1.165) is 0 Å².